The minimum absolute atomic E-state index is 0.196. The summed E-state index contributed by atoms with van der Waals surface area (Å²) in [4.78, 5) is 17.0. The summed E-state index contributed by atoms with van der Waals surface area (Å²) in [6.45, 7) is 0. The van der Waals surface area contributed by atoms with Crippen molar-refractivity contribution in [1.82, 2.24) is 4.98 Å². The molecular formula is C12H10BrNOS. The molecule has 2 rings (SSSR count). The molecule has 2 aromatic heterocycles. The van der Waals surface area contributed by atoms with Crippen LogP contribution in [0.3, 0.4) is 0 Å². The van der Waals surface area contributed by atoms with Crippen molar-refractivity contribution in [1.29, 1.82) is 0 Å². The summed E-state index contributed by atoms with van der Waals surface area (Å²) < 4.78 is 1.02. The van der Waals surface area contributed by atoms with Crippen LogP contribution in [0.4, 0.5) is 0 Å². The minimum Gasteiger partial charge on any atom is -0.299 e. The van der Waals surface area contributed by atoms with Gasteiger partial charge >= 0.3 is 0 Å². The molecule has 0 atom stereocenters. The number of carbonyl (C=O) groups is 1. The Labute approximate surface area is 106 Å². The van der Waals surface area contributed by atoms with Crippen molar-refractivity contribution in [2.45, 2.75) is 12.8 Å². The van der Waals surface area contributed by atoms with Crippen LogP contribution < -0.4 is 0 Å². The topological polar surface area (TPSA) is 30.0 Å². The summed E-state index contributed by atoms with van der Waals surface area (Å²) in [6, 6.07) is 7.59. The molecular weight excluding hydrogens is 286 g/mol. The van der Waals surface area contributed by atoms with Gasteiger partial charge in [0, 0.05) is 34.1 Å². The highest BCUT2D eigenvalue weighted by Gasteiger charge is 2.09. The minimum atomic E-state index is 0.196. The van der Waals surface area contributed by atoms with E-state index in [4.69, 9.17) is 0 Å². The van der Waals surface area contributed by atoms with Crippen LogP contribution in [0.1, 0.15) is 10.6 Å². The number of nitrogens with zero attached hydrogens (tertiary/aromatic N) is 1. The number of aromatic nitrogens is 1. The molecule has 0 spiro atoms. The van der Waals surface area contributed by atoms with Gasteiger partial charge in [0.05, 0.1) is 0 Å². The molecule has 0 aliphatic heterocycles. The van der Waals surface area contributed by atoms with Crippen molar-refractivity contribution in [3.8, 4) is 0 Å². The molecule has 0 fully saturated rings. The van der Waals surface area contributed by atoms with E-state index in [1.165, 1.54) is 0 Å². The van der Waals surface area contributed by atoms with E-state index in [1.807, 2.05) is 29.6 Å². The Hall–Kier alpha value is -1.00. The molecule has 0 unspecified atom stereocenters. The number of rotatable bonds is 4. The quantitative estimate of drug-likeness (QED) is 0.867. The monoisotopic (exact) mass is 295 g/mol. The van der Waals surface area contributed by atoms with E-state index in [1.54, 1.807) is 17.5 Å². The van der Waals surface area contributed by atoms with E-state index >= 15 is 0 Å². The molecule has 0 aliphatic rings. The second kappa shape index (κ2) is 5.37. The van der Waals surface area contributed by atoms with E-state index < -0.39 is 0 Å². The average Bonchev–Trinajstić information content (AvgIpc) is 2.66. The molecule has 0 saturated carbocycles. The van der Waals surface area contributed by atoms with Crippen molar-refractivity contribution >= 4 is 33.0 Å². The number of hydrogen-bond acceptors (Lipinski definition) is 3. The molecule has 0 aliphatic carbocycles. The van der Waals surface area contributed by atoms with Crippen LogP contribution in [0.25, 0.3) is 0 Å². The molecule has 16 heavy (non-hydrogen) atoms. The fourth-order valence-corrected chi connectivity index (χ4v) is 2.92. The first-order valence-electron chi connectivity index (χ1n) is 4.89. The van der Waals surface area contributed by atoms with Gasteiger partial charge in [0.1, 0.15) is 5.78 Å². The first-order valence-corrected chi connectivity index (χ1v) is 6.56. The van der Waals surface area contributed by atoms with Crippen LogP contribution in [0.5, 0.6) is 0 Å². The number of halogens is 1. The molecule has 82 valence electrons. The highest BCUT2D eigenvalue weighted by atomic mass is 79.9. The van der Waals surface area contributed by atoms with E-state index in [2.05, 4.69) is 20.9 Å². The van der Waals surface area contributed by atoms with E-state index in [9.17, 15) is 4.79 Å². The molecule has 2 heterocycles. The third-order valence-corrected chi connectivity index (χ3v) is 4.08. The molecule has 0 amide bonds. The van der Waals surface area contributed by atoms with Crippen molar-refractivity contribution in [2.75, 3.05) is 0 Å². The Morgan fingerprint density at radius 2 is 2.19 bits per heavy atom. The molecule has 4 heteroatoms. The predicted molar refractivity (Wildman–Crippen MR) is 68.7 cm³/mol. The maximum atomic E-state index is 11.8. The van der Waals surface area contributed by atoms with Gasteiger partial charge in [-0.25, -0.2) is 0 Å². The normalized spacial score (nSPS) is 10.3. The lowest BCUT2D eigenvalue weighted by Crippen LogP contribution is -2.06. The lowest BCUT2D eigenvalue weighted by atomic mass is 10.1. The Bertz CT molecular complexity index is 481. The second-order valence-corrected chi connectivity index (χ2v) is 5.26. The van der Waals surface area contributed by atoms with E-state index in [0.717, 1.165) is 15.0 Å². The van der Waals surface area contributed by atoms with E-state index in [-0.39, 0.29) is 5.78 Å². The molecule has 2 aromatic rings. The van der Waals surface area contributed by atoms with Crippen LogP contribution in [0.2, 0.25) is 0 Å². The van der Waals surface area contributed by atoms with Gasteiger partial charge in [-0.1, -0.05) is 6.07 Å². The lowest BCUT2D eigenvalue weighted by Gasteiger charge is -1.99. The summed E-state index contributed by atoms with van der Waals surface area (Å²) in [5.41, 5.74) is 0.833. The van der Waals surface area contributed by atoms with Crippen LogP contribution in [-0.4, -0.2) is 10.8 Å². The fourth-order valence-electron chi connectivity index (χ4n) is 1.40. The number of Topliss-reactive ketones (excluding diaryl/α,β-unsaturated/α-hetero) is 1. The second-order valence-electron chi connectivity index (χ2n) is 3.41. The average molecular weight is 296 g/mol. The first kappa shape index (κ1) is 11.5. The number of carbonyl (C=O) groups excluding carboxylic acids is 1. The largest absolute Gasteiger partial charge is 0.299 e. The number of thiophene rings is 1. The molecule has 0 radical (unpaired) electrons. The van der Waals surface area contributed by atoms with E-state index in [0.29, 0.717) is 12.8 Å². The third kappa shape index (κ3) is 3.00. The standard InChI is InChI=1S/C12H10BrNOS/c13-11-4-6-16-12(11)8-10(15)7-9-3-1-2-5-14-9/h1-6H,7-8H2. The van der Waals surface area contributed by atoms with Crippen LogP contribution in [0, 0.1) is 0 Å². The number of pyridine rings is 1. The Kier molecular flexibility index (Phi) is 3.85. The van der Waals surface area contributed by atoms with Gasteiger partial charge in [-0.05, 0) is 39.5 Å². The molecule has 0 saturated heterocycles. The van der Waals surface area contributed by atoms with Crippen molar-refractivity contribution in [2.24, 2.45) is 0 Å². The maximum absolute atomic E-state index is 11.8. The van der Waals surface area contributed by atoms with Crippen molar-refractivity contribution in [3.05, 3.63) is 50.9 Å². The van der Waals surface area contributed by atoms with Crippen LogP contribution >= 0.6 is 27.3 Å². The zero-order valence-corrected chi connectivity index (χ0v) is 10.9. The zero-order chi connectivity index (χ0) is 11.4. The van der Waals surface area contributed by atoms with Crippen LogP contribution in [-0.2, 0) is 17.6 Å². The summed E-state index contributed by atoms with van der Waals surface area (Å²) in [7, 11) is 0. The number of ketones is 1. The SMILES string of the molecule is O=C(Cc1ccccn1)Cc1sccc1Br. The number of hydrogen-bond donors (Lipinski definition) is 0. The highest BCUT2D eigenvalue weighted by molar-refractivity contribution is 9.10. The maximum Gasteiger partial charge on any atom is 0.144 e. The van der Waals surface area contributed by atoms with Gasteiger partial charge in [0.25, 0.3) is 0 Å². The van der Waals surface area contributed by atoms with Gasteiger partial charge in [-0.2, -0.15) is 0 Å². The van der Waals surface area contributed by atoms with Gasteiger partial charge in [0.2, 0.25) is 0 Å². The van der Waals surface area contributed by atoms with Gasteiger partial charge in [-0.3, -0.25) is 9.78 Å². The van der Waals surface area contributed by atoms with Gasteiger partial charge in [0.15, 0.2) is 0 Å². The highest BCUT2D eigenvalue weighted by Crippen LogP contribution is 2.23. The molecule has 0 bridgehead atoms. The van der Waals surface area contributed by atoms with Crippen molar-refractivity contribution < 1.29 is 4.79 Å². The van der Waals surface area contributed by atoms with Gasteiger partial charge in [-0.15, -0.1) is 11.3 Å². The fraction of sp³-hybridized carbons (Fsp3) is 0.167. The predicted octanol–water partition coefficient (Wildman–Crippen LogP) is 3.26. The molecule has 0 N–H and O–H groups in total. The summed E-state index contributed by atoms with van der Waals surface area (Å²) in [5, 5.41) is 1.98. The Morgan fingerprint density at radius 1 is 1.31 bits per heavy atom. The summed E-state index contributed by atoms with van der Waals surface area (Å²) >= 11 is 5.02. The Balaban J connectivity index is 1.98. The Morgan fingerprint density at radius 3 is 2.81 bits per heavy atom. The van der Waals surface area contributed by atoms with Crippen molar-refractivity contribution in [3.63, 3.8) is 0 Å². The van der Waals surface area contributed by atoms with Gasteiger partial charge < -0.3 is 0 Å². The lowest BCUT2D eigenvalue weighted by molar-refractivity contribution is -0.117. The smallest absolute Gasteiger partial charge is 0.144 e. The first-order chi connectivity index (χ1) is 7.75. The third-order valence-electron chi connectivity index (χ3n) is 2.15. The summed E-state index contributed by atoms with van der Waals surface area (Å²) in [6.07, 6.45) is 2.60. The molecule has 0 aromatic carbocycles. The molecule has 2 nitrogen and oxygen atoms in total. The zero-order valence-electron chi connectivity index (χ0n) is 8.52. The summed E-state index contributed by atoms with van der Waals surface area (Å²) in [5.74, 6) is 0.196. The van der Waals surface area contributed by atoms with Crippen LogP contribution in [0.15, 0.2) is 40.3 Å².